The van der Waals surface area contributed by atoms with Crippen molar-refractivity contribution < 1.29 is 14.6 Å². The molecule has 0 saturated heterocycles. The number of halogens is 2. The van der Waals surface area contributed by atoms with Gasteiger partial charge in [0.05, 0.1) is 6.54 Å². The molecule has 0 aliphatic rings. The second-order valence-corrected chi connectivity index (χ2v) is 7.38. The number of aromatic hydroxyl groups is 1. The van der Waals surface area contributed by atoms with Crippen molar-refractivity contribution in [2.45, 2.75) is 26.2 Å². The lowest BCUT2D eigenvalue weighted by molar-refractivity contribution is -0.119. The van der Waals surface area contributed by atoms with E-state index in [0.29, 0.717) is 22.9 Å². The third-order valence-corrected chi connectivity index (χ3v) is 4.88. The summed E-state index contributed by atoms with van der Waals surface area (Å²) in [5.74, 6) is 0.865. The molecule has 0 amide bonds. The Balaban J connectivity index is 2.23. The van der Waals surface area contributed by atoms with Crippen molar-refractivity contribution in [3.8, 4) is 11.5 Å². The molecule has 0 aliphatic heterocycles. The molecule has 6 heteroatoms. The second kappa shape index (κ2) is 8.70. The third-order valence-electron chi connectivity index (χ3n) is 3.84. The van der Waals surface area contributed by atoms with Crippen molar-refractivity contribution in [1.82, 2.24) is 0 Å². The van der Waals surface area contributed by atoms with Crippen LogP contribution in [0.25, 0.3) is 0 Å². The fraction of sp³-hybridized carbons (Fsp3) is 0.316. The molecule has 25 heavy (non-hydrogen) atoms. The highest BCUT2D eigenvalue weighted by atomic mass is 79.9. The molecule has 0 atom stereocenters. The standard InChI is InChI=1S/C19H21BrClNO3/c1-11(2)15-5-12(3-4-19(15)24)6-16-17(20)7-14(8-18(16)21)25-10-13(23)9-22/h3-5,7-8,11,24H,6,9-10,22H2,1-2H3. The minimum Gasteiger partial charge on any atom is -0.508 e. The number of hydrogen-bond acceptors (Lipinski definition) is 4. The smallest absolute Gasteiger partial charge is 0.183 e. The van der Waals surface area contributed by atoms with Crippen LogP contribution in [0.1, 0.15) is 36.5 Å². The van der Waals surface area contributed by atoms with E-state index in [1.54, 1.807) is 18.2 Å². The van der Waals surface area contributed by atoms with Crippen LogP contribution in [-0.2, 0) is 11.2 Å². The van der Waals surface area contributed by atoms with Gasteiger partial charge in [0.25, 0.3) is 0 Å². The maximum Gasteiger partial charge on any atom is 0.183 e. The fourth-order valence-electron chi connectivity index (χ4n) is 2.44. The van der Waals surface area contributed by atoms with Gasteiger partial charge in [-0.3, -0.25) is 4.79 Å². The molecule has 0 aromatic heterocycles. The first kappa shape index (κ1) is 19.8. The lowest BCUT2D eigenvalue weighted by atomic mass is 9.96. The monoisotopic (exact) mass is 425 g/mol. The molecule has 0 bridgehead atoms. The minimum atomic E-state index is -0.179. The van der Waals surface area contributed by atoms with E-state index >= 15 is 0 Å². The van der Waals surface area contributed by atoms with Gasteiger partial charge in [0.2, 0.25) is 0 Å². The summed E-state index contributed by atoms with van der Waals surface area (Å²) >= 11 is 9.92. The van der Waals surface area contributed by atoms with Gasteiger partial charge in [-0.1, -0.05) is 53.5 Å². The van der Waals surface area contributed by atoms with Crippen LogP contribution < -0.4 is 10.5 Å². The number of phenols is 1. The maximum atomic E-state index is 11.3. The Kier molecular flexibility index (Phi) is 6.87. The zero-order valence-electron chi connectivity index (χ0n) is 14.2. The highest BCUT2D eigenvalue weighted by molar-refractivity contribution is 9.10. The van der Waals surface area contributed by atoms with Crippen LogP contribution in [-0.4, -0.2) is 24.0 Å². The number of ether oxygens (including phenoxy) is 1. The average Bonchev–Trinajstić information content (AvgIpc) is 2.57. The summed E-state index contributed by atoms with van der Waals surface area (Å²) in [6, 6.07) is 9.06. The lowest BCUT2D eigenvalue weighted by Crippen LogP contribution is -2.20. The highest BCUT2D eigenvalue weighted by Gasteiger charge is 2.13. The summed E-state index contributed by atoms with van der Waals surface area (Å²) in [5.41, 5.74) is 8.14. The first-order valence-corrected chi connectivity index (χ1v) is 9.13. The van der Waals surface area contributed by atoms with Crippen LogP contribution in [0.4, 0.5) is 0 Å². The number of carbonyl (C=O) groups is 1. The molecular weight excluding hydrogens is 406 g/mol. The van der Waals surface area contributed by atoms with Gasteiger partial charge in [0.15, 0.2) is 5.78 Å². The molecule has 0 saturated carbocycles. The number of Topliss-reactive ketones (excluding diaryl/α,β-unsaturated/α-hetero) is 1. The van der Waals surface area contributed by atoms with E-state index < -0.39 is 0 Å². The number of hydrogen-bond donors (Lipinski definition) is 2. The van der Waals surface area contributed by atoms with Crippen molar-refractivity contribution in [2.75, 3.05) is 13.2 Å². The Hall–Kier alpha value is -1.56. The largest absolute Gasteiger partial charge is 0.508 e. The van der Waals surface area contributed by atoms with Crippen LogP contribution in [0.3, 0.4) is 0 Å². The molecular formula is C19H21BrClNO3. The first-order valence-electron chi connectivity index (χ1n) is 7.96. The van der Waals surface area contributed by atoms with Crippen LogP contribution in [0, 0.1) is 0 Å². The van der Waals surface area contributed by atoms with Crippen molar-refractivity contribution >= 4 is 33.3 Å². The SMILES string of the molecule is CC(C)c1cc(Cc2c(Cl)cc(OCC(=O)CN)cc2Br)ccc1O. The number of benzene rings is 2. The van der Waals surface area contributed by atoms with Gasteiger partial charge in [-0.2, -0.15) is 0 Å². The summed E-state index contributed by atoms with van der Waals surface area (Å²) in [5, 5.41) is 10.5. The predicted octanol–water partition coefficient (Wildman–Crippen LogP) is 4.43. The molecule has 2 aromatic rings. The number of ketones is 1. The molecule has 134 valence electrons. The first-order chi connectivity index (χ1) is 11.8. The number of nitrogens with two attached hydrogens (primary N) is 1. The van der Waals surface area contributed by atoms with Gasteiger partial charge in [-0.25, -0.2) is 0 Å². The van der Waals surface area contributed by atoms with Gasteiger partial charge < -0.3 is 15.6 Å². The van der Waals surface area contributed by atoms with E-state index in [-0.39, 0.29) is 24.9 Å². The molecule has 3 N–H and O–H groups in total. The summed E-state index contributed by atoms with van der Waals surface area (Å²) in [4.78, 5) is 11.3. The van der Waals surface area contributed by atoms with Crippen LogP contribution in [0.2, 0.25) is 5.02 Å². The van der Waals surface area contributed by atoms with Crippen LogP contribution in [0.15, 0.2) is 34.8 Å². The summed E-state index contributed by atoms with van der Waals surface area (Å²) < 4.78 is 6.22. The van der Waals surface area contributed by atoms with Gasteiger partial charge in [0.1, 0.15) is 18.1 Å². The van der Waals surface area contributed by atoms with Crippen molar-refractivity contribution in [3.05, 3.63) is 56.5 Å². The second-order valence-electron chi connectivity index (χ2n) is 6.12. The van der Waals surface area contributed by atoms with Gasteiger partial charge in [-0.15, -0.1) is 0 Å². The maximum absolute atomic E-state index is 11.3. The summed E-state index contributed by atoms with van der Waals surface area (Å²) in [7, 11) is 0. The van der Waals surface area contributed by atoms with Crippen molar-refractivity contribution in [1.29, 1.82) is 0 Å². The Morgan fingerprint density at radius 1 is 1.32 bits per heavy atom. The average molecular weight is 427 g/mol. The van der Waals surface area contributed by atoms with Gasteiger partial charge >= 0.3 is 0 Å². The molecule has 0 unspecified atom stereocenters. The fourth-order valence-corrected chi connectivity index (χ4v) is 3.40. The van der Waals surface area contributed by atoms with E-state index in [4.69, 9.17) is 22.1 Å². The molecule has 0 spiro atoms. The minimum absolute atomic E-state index is 0.0496. The van der Waals surface area contributed by atoms with E-state index in [2.05, 4.69) is 15.9 Å². The molecule has 0 aliphatic carbocycles. The topological polar surface area (TPSA) is 72.5 Å². The van der Waals surface area contributed by atoms with Gasteiger partial charge in [0, 0.05) is 15.9 Å². The third kappa shape index (κ3) is 5.21. The van der Waals surface area contributed by atoms with Crippen molar-refractivity contribution in [3.63, 3.8) is 0 Å². The zero-order chi connectivity index (χ0) is 18.6. The van der Waals surface area contributed by atoms with Crippen LogP contribution in [0.5, 0.6) is 11.5 Å². The molecule has 4 nitrogen and oxygen atoms in total. The quantitative estimate of drug-likeness (QED) is 0.687. The Bertz CT molecular complexity index is 754. The van der Waals surface area contributed by atoms with Crippen molar-refractivity contribution in [2.24, 2.45) is 5.73 Å². The highest BCUT2D eigenvalue weighted by Crippen LogP contribution is 2.34. The predicted molar refractivity (Wildman–Crippen MR) is 104 cm³/mol. The number of phenolic OH excluding ortho intramolecular Hbond substituents is 1. The molecule has 0 radical (unpaired) electrons. The molecule has 2 rings (SSSR count). The van der Waals surface area contributed by atoms with Crippen LogP contribution >= 0.6 is 27.5 Å². The Morgan fingerprint density at radius 2 is 2.04 bits per heavy atom. The van der Waals surface area contributed by atoms with E-state index in [1.165, 1.54) is 0 Å². The summed E-state index contributed by atoms with van der Waals surface area (Å²) in [6.07, 6.45) is 0.613. The Labute approximate surface area is 161 Å². The van der Waals surface area contributed by atoms with Gasteiger partial charge in [-0.05, 0) is 40.8 Å². The van der Waals surface area contributed by atoms with E-state index in [9.17, 15) is 9.90 Å². The Morgan fingerprint density at radius 3 is 2.64 bits per heavy atom. The molecule has 0 heterocycles. The lowest BCUT2D eigenvalue weighted by Gasteiger charge is -2.14. The zero-order valence-corrected chi connectivity index (χ0v) is 16.5. The molecule has 2 aromatic carbocycles. The summed E-state index contributed by atoms with van der Waals surface area (Å²) in [6.45, 7) is 3.95. The number of rotatable bonds is 7. The van der Waals surface area contributed by atoms with E-state index in [1.807, 2.05) is 26.0 Å². The normalized spacial score (nSPS) is 11.0. The number of carbonyl (C=O) groups excluding carboxylic acids is 1. The van der Waals surface area contributed by atoms with E-state index in [0.717, 1.165) is 21.2 Å². The molecule has 0 fully saturated rings.